The predicted molar refractivity (Wildman–Crippen MR) is 60.3 cm³/mol. The Balaban J connectivity index is 4.29. The molecule has 82 valence electrons. The smallest absolute Gasteiger partial charge is 0.211 e. The van der Waals surface area contributed by atoms with Crippen molar-refractivity contribution in [2.24, 2.45) is 5.92 Å². The van der Waals surface area contributed by atoms with Crippen LogP contribution in [0.2, 0.25) is 0 Å². The van der Waals surface area contributed by atoms with Crippen LogP contribution < -0.4 is 4.72 Å². The van der Waals surface area contributed by atoms with Crippen LogP contribution in [-0.4, -0.2) is 15.0 Å². The van der Waals surface area contributed by atoms with Gasteiger partial charge in [0.05, 0.1) is 4.91 Å². The monoisotopic (exact) mass is 217 g/mol. The highest BCUT2D eigenvalue weighted by atomic mass is 32.2. The third kappa shape index (κ3) is 4.58. The molecule has 0 aliphatic rings. The Labute approximate surface area is 87.0 Å². The van der Waals surface area contributed by atoms with E-state index in [9.17, 15) is 8.42 Å². The fourth-order valence-electron chi connectivity index (χ4n) is 0.948. The predicted octanol–water partition coefficient (Wildman–Crippen LogP) is 2.04. The molecule has 0 aromatic carbocycles. The van der Waals surface area contributed by atoms with E-state index >= 15 is 0 Å². The van der Waals surface area contributed by atoms with Gasteiger partial charge in [0.25, 0.3) is 0 Å². The van der Waals surface area contributed by atoms with Gasteiger partial charge in [0.15, 0.2) is 0 Å². The summed E-state index contributed by atoms with van der Waals surface area (Å²) >= 11 is 0. The first-order valence-corrected chi connectivity index (χ1v) is 6.20. The maximum Gasteiger partial charge on any atom is 0.240 e. The van der Waals surface area contributed by atoms with Crippen molar-refractivity contribution in [1.82, 2.24) is 4.72 Å². The molecular formula is C10H19NO2S. The van der Waals surface area contributed by atoms with E-state index in [0.717, 1.165) is 6.42 Å². The lowest BCUT2D eigenvalue weighted by atomic mass is 10.1. The summed E-state index contributed by atoms with van der Waals surface area (Å²) in [5.74, 6) is 0.496. The lowest BCUT2D eigenvalue weighted by Crippen LogP contribution is -2.26. The molecule has 0 unspecified atom stereocenters. The van der Waals surface area contributed by atoms with Gasteiger partial charge in [-0.05, 0) is 25.3 Å². The average Bonchev–Trinajstić information content (AvgIpc) is 2.04. The van der Waals surface area contributed by atoms with Crippen molar-refractivity contribution >= 4 is 10.0 Å². The number of hydrogen-bond acceptors (Lipinski definition) is 2. The van der Waals surface area contributed by atoms with Gasteiger partial charge in [-0.15, -0.1) is 0 Å². The molecule has 0 aromatic heterocycles. The Bertz CT molecular complexity index is 302. The molecule has 0 atom stereocenters. The van der Waals surface area contributed by atoms with Crippen molar-refractivity contribution in [2.75, 3.05) is 6.54 Å². The number of rotatable bonds is 6. The Hall–Kier alpha value is -0.610. The normalized spacial score (nSPS) is 13.3. The molecule has 0 amide bonds. The van der Waals surface area contributed by atoms with Crippen molar-refractivity contribution in [3.8, 4) is 0 Å². The van der Waals surface area contributed by atoms with Gasteiger partial charge in [-0.2, -0.15) is 0 Å². The van der Waals surface area contributed by atoms with Crippen LogP contribution in [0.1, 0.15) is 27.2 Å². The van der Waals surface area contributed by atoms with Gasteiger partial charge in [-0.1, -0.05) is 26.5 Å². The minimum atomic E-state index is -3.33. The largest absolute Gasteiger partial charge is 0.240 e. The van der Waals surface area contributed by atoms with Gasteiger partial charge in [0.1, 0.15) is 0 Å². The molecule has 3 nitrogen and oxygen atoms in total. The summed E-state index contributed by atoms with van der Waals surface area (Å²) in [6, 6.07) is 0. The second-order valence-corrected chi connectivity index (χ2v) is 5.24. The van der Waals surface area contributed by atoms with Gasteiger partial charge in [0, 0.05) is 6.54 Å². The summed E-state index contributed by atoms with van der Waals surface area (Å²) in [6.07, 6.45) is 3.72. The first kappa shape index (κ1) is 13.4. The van der Waals surface area contributed by atoms with E-state index < -0.39 is 10.0 Å². The van der Waals surface area contributed by atoms with Gasteiger partial charge >= 0.3 is 0 Å². The summed E-state index contributed by atoms with van der Waals surface area (Å²) in [7, 11) is -3.33. The highest BCUT2D eigenvalue weighted by Gasteiger charge is 2.12. The van der Waals surface area contributed by atoms with E-state index in [0.29, 0.717) is 12.5 Å². The van der Waals surface area contributed by atoms with E-state index in [2.05, 4.69) is 25.1 Å². The first-order chi connectivity index (χ1) is 6.44. The van der Waals surface area contributed by atoms with Crippen LogP contribution in [0.3, 0.4) is 0 Å². The van der Waals surface area contributed by atoms with Crippen molar-refractivity contribution in [3.63, 3.8) is 0 Å². The molecule has 0 aromatic rings. The van der Waals surface area contributed by atoms with E-state index in [-0.39, 0.29) is 4.91 Å². The maximum absolute atomic E-state index is 11.5. The minimum absolute atomic E-state index is 0.237. The SMILES string of the molecule is C=CC(=CC)S(=O)(=O)NCCC(C)C. The Morgan fingerprint density at radius 1 is 1.50 bits per heavy atom. The highest BCUT2D eigenvalue weighted by Crippen LogP contribution is 2.05. The van der Waals surface area contributed by atoms with Gasteiger partial charge in [0.2, 0.25) is 10.0 Å². The molecule has 0 bridgehead atoms. The van der Waals surface area contributed by atoms with Crippen molar-refractivity contribution < 1.29 is 8.42 Å². The van der Waals surface area contributed by atoms with Crippen molar-refractivity contribution in [3.05, 3.63) is 23.6 Å². The Morgan fingerprint density at radius 3 is 2.43 bits per heavy atom. The molecule has 0 saturated carbocycles. The number of allylic oxidation sites excluding steroid dienone is 2. The van der Waals surface area contributed by atoms with Crippen LogP contribution in [-0.2, 0) is 10.0 Å². The molecule has 14 heavy (non-hydrogen) atoms. The fraction of sp³-hybridized carbons (Fsp3) is 0.600. The van der Waals surface area contributed by atoms with E-state index in [1.54, 1.807) is 6.92 Å². The standard InChI is InChI=1S/C10H19NO2S/c1-5-10(6-2)14(12,13)11-8-7-9(3)4/h5-6,9,11H,1,7-8H2,2-4H3. The molecule has 0 saturated heterocycles. The van der Waals surface area contributed by atoms with Gasteiger partial charge in [-0.3, -0.25) is 0 Å². The topological polar surface area (TPSA) is 46.2 Å². The summed E-state index contributed by atoms with van der Waals surface area (Å²) < 4.78 is 25.6. The molecule has 4 heteroatoms. The second kappa shape index (κ2) is 5.98. The second-order valence-electron chi connectivity index (χ2n) is 3.48. The molecule has 1 N–H and O–H groups in total. The number of hydrogen-bond donors (Lipinski definition) is 1. The Kier molecular flexibility index (Phi) is 5.72. The lowest BCUT2D eigenvalue weighted by Gasteiger charge is -2.08. The molecule has 0 spiro atoms. The minimum Gasteiger partial charge on any atom is -0.211 e. The number of nitrogens with one attached hydrogen (secondary N) is 1. The van der Waals surface area contributed by atoms with Crippen molar-refractivity contribution in [1.29, 1.82) is 0 Å². The zero-order chi connectivity index (χ0) is 11.2. The molecule has 0 fully saturated rings. The zero-order valence-electron chi connectivity index (χ0n) is 9.08. The molecule has 0 radical (unpaired) electrons. The maximum atomic E-state index is 11.5. The molecule has 0 aliphatic heterocycles. The Morgan fingerprint density at radius 2 is 2.07 bits per heavy atom. The summed E-state index contributed by atoms with van der Waals surface area (Å²) in [4.78, 5) is 0.237. The quantitative estimate of drug-likeness (QED) is 0.692. The summed E-state index contributed by atoms with van der Waals surface area (Å²) in [6.45, 7) is 9.72. The number of sulfonamides is 1. The average molecular weight is 217 g/mol. The van der Waals surface area contributed by atoms with Crippen LogP contribution in [0, 0.1) is 5.92 Å². The van der Waals surface area contributed by atoms with E-state index in [1.165, 1.54) is 12.2 Å². The zero-order valence-corrected chi connectivity index (χ0v) is 9.89. The molecule has 0 aliphatic carbocycles. The van der Waals surface area contributed by atoms with Gasteiger partial charge < -0.3 is 0 Å². The van der Waals surface area contributed by atoms with Crippen LogP contribution in [0.5, 0.6) is 0 Å². The van der Waals surface area contributed by atoms with Crippen molar-refractivity contribution in [2.45, 2.75) is 27.2 Å². The van der Waals surface area contributed by atoms with Crippen LogP contribution in [0.15, 0.2) is 23.6 Å². The first-order valence-electron chi connectivity index (χ1n) is 4.72. The van der Waals surface area contributed by atoms with E-state index in [1.807, 2.05) is 0 Å². The van der Waals surface area contributed by atoms with E-state index in [4.69, 9.17) is 0 Å². The van der Waals surface area contributed by atoms with Crippen LogP contribution in [0.25, 0.3) is 0 Å². The summed E-state index contributed by atoms with van der Waals surface area (Å²) in [5.41, 5.74) is 0. The summed E-state index contributed by atoms with van der Waals surface area (Å²) in [5, 5.41) is 0. The molecular weight excluding hydrogens is 198 g/mol. The highest BCUT2D eigenvalue weighted by molar-refractivity contribution is 7.93. The van der Waals surface area contributed by atoms with Gasteiger partial charge in [-0.25, -0.2) is 13.1 Å². The molecule has 0 rings (SSSR count). The molecule has 0 heterocycles. The van der Waals surface area contributed by atoms with Crippen LogP contribution >= 0.6 is 0 Å². The fourth-order valence-corrected chi connectivity index (χ4v) is 2.03. The third-order valence-corrected chi connectivity index (χ3v) is 3.42. The third-order valence-electron chi connectivity index (χ3n) is 1.81. The lowest BCUT2D eigenvalue weighted by molar-refractivity contribution is 0.556. The van der Waals surface area contributed by atoms with Crippen LogP contribution in [0.4, 0.5) is 0 Å².